The third-order valence-electron chi connectivity index (χ3n) is 2.73. The molecule has 21 heavy (non-hydrogen) atoms. The summed E-state index contributed by atoms with van der Waals surface area (Å²) in [6.07, 6.45) is 0. The van der Waals surface area contributed by atoms with E-state index in [9.17, 15) is 13.5 Å². The minimum atomic E-state index is -3.89. The van der Waals surface area contributed by atoms with E-state index in [2.05, 4.69) is 9.71 Å². The highest BCUT2D eigenvalue weighted by molar-refractivity contribution is 7.93. The van der Waals surface area contributed by atoms with Crippen LogP contribution in [-0.4, -0.2) is 18.5 Å². The largest absolute Gasteiger partial charge is 0.507 e. The van der Waals surface area contributed by atoms with Gasteiger partial charge in [-0.15, -0.1) is 0 Å². The quantitative estimate of drug-likeness (QED) is 0.765. The van der Waals surface area contributed by atoms with E-state index in [-0.39, 0.29) is 15.8 Å². The van der Waals surface area contributed by atoms with Crippen molar-refractivity contribution < 1.29 is 13.5 Å². The maximum absolute atomic E-state index is 12.2. The molecule has 3 aromatic rings. The number of aromatic nitrogens is 1. The number of hydrogen-bond donors (Lipinski definition) is 2. The number of sulfonamides is 1. The van der Waals surface area contributed by atoms with Crippen LogP contribution in [0.15, 0.2) is 47.4 Å². The molecule has 2 aromatic carbocycles. The van der Waals surface area contributed by atoms with Crippen LogP contribution in [0.4, 0.5) is 5.13 Å². The second-order valence-electron chi connectivity index (χ2n) is 4.20. The Bertz CT molecular complexity index is 922. The molecule has 0 aliphatic heterocycles. The zero-order chi connectivity index (χ0) is 15.0. The third kappa shape index (κ3) is 2.80. The normalized spacial score (nSPS) is 11.7. The van der Waals surface area contributed by atoms with Crippen molar-refractivity contribution in [2.45, 2.75) is 4.90 Å². The Hall–Kier alpha value is -1.83. The lowest BCUT2D eigenvalue weighted by molar-refractivity contribution is 0.459. The second-order valence-corrected chi connectivity index (χ2v) is 7.32. The van der Waals surface area contributed by atoms with Gasteiger partial charge in [0.15, 0.2) is 5.13 Å². The van der Waals surface area contributed by atoms with E-state index in [0.29, 0.717) is 10.5 Å². The Balaban J connectivity index is 1.99. The molecule has 0 spiro atoms. The van der Waals surface area contributed by atoms with Crippen LogP contribution in [-0.2, 0) is 10.0 Å². The highest BCUT2D eigenvalue weighted by Crippen LogP contribution is 2.31. The van der Waals surface area contributed by atoms with Gasteiger partial charge in [0.25, 0.3) is 10.0 Å². The van der Waals surface area contributed by atoms with E-state index in [1.807, 2.05) is 0 Å². The molecule has 2 N–H and O–H groups in total. The van der Waals surface area contributed by atoms with Crippen molar-refractivity contribution in [2.75, 3.05) is 4.72 Å². The van der Waals surface area contributed by atoms with Gasteiger partial charge in [-0.05, 0) is 30.3 Å². The lowest BCUT2D eigenvalue weighted by atomic mass is 10.3. The minimum absolute atomic E-state index is 0.192. The molecule has 0 aliphatic carbocycles. The highest BCUT2D eigenvalue weighted by atomic mass is 35.5. The van der Waals surface area contributed by atoms with Crippen LogP contribution in [0, 0.1) is 0 Å². The fraction of sp³-hybridized carbons (Fsp3) is 0. The first-order chi connectivity index (χ1) is 9.95. The molecule has 0 saturated heterocycles. The van der Waals surface area contributed by atoms with E-state index >= 15 is 0 Å². The minimum Gasteiger partial charge on any atom is -0.507 e. The average Bonchev–Trinajstić information content (AvgIpc) is 2.79. The average molecular weight is 341 g/mol. The fourth-order valence-corrected chi connectivity index (χ4v) is 4.27. The van der Waals surface area contributed by atoms with Gasteiger partial charge in [0.2, 0.25) is 0 Å². The number of halogens is 1. The van der Waals surface area contributed by atoms with Crippen molar-refractivity contribution in [1.29, 1.82) is 0 Å². The Kier molecular flexibility index (Phi) is 3.48. The third-order valence-corrected chi connectivity index (χ3v) is 5.41. The Morgan fingerprint density at radius 2 is 1.95 bits per heavy atom. The number of anilines is 1. The van der Waals surface area contributed by atoms with Gasteiger partial charge in [-0.25, -0.2) is 13.4 Å². The first kappa shape index (κ1) is 14.1. The Labute approximate surface area is 129 Å². The Morgan fingerprint density at radius 1 is 1.19 bits per heavy atom. The van der Waals surface area contributed by atoms with E-state index in [0.717, 1.165) is 4.70 Å². The van der Waals surface area contributed by atoms with Crippen LogP contribution >= 0.6 is 22.9 Å². The summed E-state index contributed by atoms with van der Waals surface area (Å²) in [4.78, 5) is 3.99. The number of hydrogen-bond acceptors (Lipinski definition) is 5. The summed E-state index contributed by atoms with van der Waals surface area (Å²) in [5, 5.41) is 10.4. The molecule has 0 atom stereocenters. The predicted octanol–water partition coefficient (Wildman–Crippen LogP) is 3.46. The van der Waals surface area contributed by atoms with Crippen LogP contribution in [0.5, 0.6) is 5.75 Å². The van der Waals surface area contributed by atoms with Crippen LogP contribution < -0.4 is 4.72 Å². The molecule has 0 unspecified atom stereocenters. The van der Waals surface area contributed by atoms with Crippen molar-refractivity contribution in [3.05, 3.63) is 47.5 Å². The van der Waals surface area contributed by atoms with Crippen molar-refractivity contribution in [1.82, 2.24) is 4.98 Å². The summed E-state index contributed by atoms with van der Waals surface area (Å²) in [7, 11) is -3.89. The number of phenolic OH excluding ortho intramolecular Hbond substituents is 1. The van der Waals surface area contributed by atoms with E-state index in [4.69, 9.17) is 11.6 Å². The second kappa shape index (κ2) is 5.18. The highest BCUT2D eigenvalue weighted by Gasteiger charge is 2.19. The molecule has 0 radical (unpaired) electrons. The molecule has 3 rings (SSSR count). The van der Waals surface area contributed by atoms with Crippen LogP contribution in [0.1, 0.15) is 0 Å². The van der Waals surface area contributed by atoms with Gasteiger partial charge in [-0.1, -0.05) is 35.1 Å². The lowest BCUT2D eigenvalue weighted by Gasteiger charge is -2.06. The van der Waals surface area contributed by atoms with Crippen molar-refractivity contribution in [3.63, 3.8) is 0 Å². The van der Waals surface area contributed by atoms with Gasteiger partial charge in [0, 0.05) is 5.02 Å². The number of para-hydroxylation sites is 1. The summed E-state index contributed by atoms with van der Waals surface area (Å²) in [5.41, 5.74) is 0.652. The molecule has 0 amide bonds. The fourth-order valence-electron chi connectivity index (χ4n) is 1.80. The zero-order valence-electron chi connectivity index (χ0n) is 10.4. The van der Waals surface area contributed by atoms with E-state index < -0.39 is 10.0 Å². The summed E-state index contributed by atoms with van der Waals surface area (Å²) in [6, 6.07) is 10.8. The molecule has 0 saturated carbocycles. The topological polar surface area (TPSA) is 79.3 Å². The van der Waals surface area contributed by atoms with Gasteiger partial charge >= 0.3 is 0 Å². The smallest absolute Gasteiger partial charge is 0.267 e. The van der Waals surface area contributed by atoms with E-state index in [1.54, 1.807) is 24.3 Å². The number of nitrogens with zero attached hydrogens (tertiary/aromatic N) is 1. The molecule has 0 aliphatic rings. The number of thiazole rings is 1. The molecule has 5 nitrogen and oxygen atoms in total. The molecule has 0 fully saturated rings. The van der Waals surface area contributed by atoms with Gasteiger partial charge in [-0.2, -0.15) is 0 Å². The van der Waals surface area contributed by atoms with Gasteiger partial charge < -0.3 is 5.11 Å². The van der Waals surface area contributed by atoms with Gasteiger partial charge in [0.1, 0.15) is 10.6 Å². The molecular weight excluding hydrogens is 332 g/mol. The van der Waals surface area contributed by atoms with Crippen LogP contribution in [0.3, 0.4) is 0 Å². The predicted molar refractivity (Wildman–Crippen MR) is 83.5 cm³/mol. The number of benzene rings is 2. The van der Waals surface area contributed by atoms with Gasteiger partial charge in [0.05, 0.1) is 10.2 Å². The van der Waals surface area contributed by atoms with Crippen LogP contribution in [0.2, 0.25) is 5.02 Å². The number of rotatable bonds is 3. The standard InChI is InChI=1S/C13H9ClN2O3S2/c14-8-5-6-9-11(7-8)20-13(15-9)16-21(18,19)12-4-2-1-3-10(12)17/h1-7,17H,(H,15,16). The first-order valence-corrected chi connectivity index (χ1v) is 8.50. The van der Waals surface area contributed by atoms with Crippen molar-refractivity contribution >= 4 is 48.3 Å². The molecule has 0 bridgehead atoms. The zero-order valence-corrected chi connectivity index (χ0v) is 12.8. The van der Waals surface area contributed by atoms with Crippen molar-refractivity contribution in [2.24, 2.45) is 0 Å². The summed E-state index contributed by atoms with van der Waals surface area (Å²) in [6.45, 7) is 0. The Morgan fingerprint density at radius 3 is 2.71 bits per heavy atom. The monoisotopic (exact) mass is 340 g/mol. The van der Waals surface area contributed by atoms with E-state index in [1.165, 1.54) is 29.5 Å². The SMILES string of the molecule is O=S(=O)(Nc1nc2ccc(Cl)cc2s1)c1ccccc1O. The molecule has 108 valence electrons. The molecule has 1 aromatic heterocycles. The maximum atomic E-state index is 12.2. The maximum Gasteiger partial charge on any atom is 0.267 e. The number of nitrogens with one attached hydrogen (secondary N) is 1. The first-order valence-electron chi connectivity index (χ1n) is 5.83. The molecule has 1 heterocycles. The molecule has 8 heteroatoms. The van der Waals surface area contributed by atoms with Gasteiger partial charge in [-0.3, -0.25) is 4.72 Å². The van der Waals surface area contributed by atoms with Crippen LogP contribution in [0.25, 0.3) is 10.2 Å². The summed E-state index contributed by atoms with van der Waals surface area (Å²) in [5.74, 6) is -0.311. The summed E-state index contributed by atoms with van der Waals surface area (Å²) >= 11 is 7.06. The lowest BCUT2D eigenvalue weighted by Crippen LogP contribution is -2.12. The number of phenols is 1. The van der Waals surface area contributed by atoms with Crippen molar-refractivity contribution in [3.8, 4) is 5.75 Å². The number of aromatic hydroxyl groups is 1. The summed E-state index contributed by atoms with van der Waals surface area (Å²) < 4.78 is 27.6. The number of fused-ring (bicyclic) bond motifs is 1. The molecular formula is C13H9ClN2O3S2.